The van der Waals surface area contributed by atoms with Gasteiger partial charge in [-0.05, 0) is 31.2 Å². The van der Waals surface area contributed by atoms with E-state index < -0.39 is 23.8 Å². The second-order valence-electron chi connectivity index (χ2n) is 4.53. The molecule has 1 N–H and O–H groups in total. The van der Waals surface area contributed by atoms with E-state index in [1.54, 1.807) is 0 Å². The van der Waals surface area contributed by atoms with E-state index in [2.05, 4.69) is 10.3 Å². The van der Waals surface area contributed by atoms with E-state index in [1.165, 1.54) is 37.4 Å². The number of carbonyl (C=O) groups excluding carboxylic acids is 2. The fourth-order valence-corrected chi connectivity index (χ4v) is 2.05. The maximum atomic E-state index is 13.1. The molecule has 0 radical (unpaired) electrons. The molecule has 0 aliphatic rings. The Balaban J connectivity index is 2.01. The zero-order valence-electron chi connectivity index (χ0n) is 11.8. The summed E-state index contributed by atoms with van der Waals surface area (Å²) in [7, 11) is 0. The SMILES string of the molecule is CC(OC(=O)c1cccc(F)c1)C(=O)Nc1ncc(Cl)cc1Cl. The number of hydrogen-bond acceptors (Lipinski definition) is 4. The third-order valence-corrected chi connectivity index (χ3v) is 3.26. The van der Waals surface area contributed by atoms with Crippen LogP contribution >= 0.6 is 23.2 Å². The lowest BCUT2D eigenvalue weighted by atomic mass is 10.2. The number of amides is 1. The summed E-state index contributed by atoms with van der Waals surface area (Å²) in [6.45, 7) is 1.37. The minimum atomic E-state index is -1.13. The largest absolute Gasteiger partial charge is 0.449 e. The van der Waals surface area contributed by atoms with E-state index in [4.69, 9.17) is 27.9 Å². The summed E-state index contributed by atoms with van der Waals surface area (Å²) in [5.41, 5.74) is 0.00676. The Morgan fingerprint density at radius 2 is 2.04 bits per heavy atom. The molecule has 5 nitrogen and oxygen atoms in total. The summed E-state index contributed by atoms with van der Waals surface area (Å²) in [6.07, 6.45) is 0.186. The summed E-state index contributed by atoms with van der Waals surface area (Å²) in [5, 5.41) is 2.88. The average Bonchev–Trinajstić information content (AvgIpc) is 2.49. The van der Waals surface area contributed by atoms with Crippen molar-refractivity contribution in [3.05, 3.63) is 58.0 Å². The highest BCUT2D eigenvalue weighted by atomic mass is 35.5. The van der Waals surface area contributed by atoms with Crippen molar-refractivity contribution < 1.29 is 18.7 Å². The molecule has 1 aromatic heterocycles. The van der Waals surface area contributed by atoms with Crippen LogP contribution in [0.15, 0.2) is 36.5 Å². The van der Waals surface area contributed by atoms with Crippen LogP contribution in [0.3, 0.4) is 0 Å². The Morgan fingerprint density at radius 1 is 1.30 bits per heavy atom. The Morgan fingerprint density at radius 3 is 2.70 bits per heavy atom. The van der Waals surface area contributed by atoms with Crippen molar-refractivity contribution >= 4 is 40.9 Å². The minimum absolute atomic E-state index is 0.00676. The molecule has 0 spiro atoms. The van der Waals surface area contributed by atoms with Gasteiger partial charge in [0.1, 0.15) is 5.82 Å². The van der Waals surface area contributed by atoms with Gasteiger partial charge in [-0.1, -0.05) is 29.3 Å². The lowest BCUT2D eigenvalue weighted by Crippen LogP contribution is -2.30. The number of rotatable bonds is 4. The molecule has 1 unspecified atom stereocenters. The van der Waals surface area contributed by atoms with Crippen molar-refractivity contribution in [2.24, 2.45) is 0 Å². The number of carbonyl (C=O) groups is 2. The first-order valence-corrected chi connectivity index (χ1v) is 7.21. The van der Waals surface area contributed by atoms with Gasteiger partial charge in [0.15, 0.2) is 11.9 Å². The minimum Gasteiger partial charge on any atom is -0.449 e. The van der Waals surface area contributed by atoms with Crippen LogP contribution in [0.1, 0.15) is 17.3 Å². The Labute approximate surface area is 141 Å². The van der Waals surface area contributed by atoms with Crippen LogP contribution in [0.2, 0.25) is 10.0 Å². The maximum absolute atomic E-state index is 13.1. The number of halogens is 3. The highest BCUT2D eigenvalue weighted by Gasteiger charge is 2.20. The second-order valence-corrected chi connectivity index (χ2v) is 5.37. The van der Waals surface area contributed by atoms with Gasteiger partial charge in [0.05, 0.1) is 15.6 Å². The molecular formula is C15H11Cl2FN2O3. The molecule has 0 aliphatic heterocycles. The summed E-state index contributed by atoms with van der Waals surface area (Å²) in [5.74, 6) is -1.93. The number of nitrogens with zero attached hydrogens (tertiary/aromatic N) is 1. The Kier molecular flexibility index (Phi) is 5.52. The van der Waals surface area contributed by atoms with Crippen LogP contribution in [-0.2, 0) is 9.53 Å². The smallest absolute Gasteiger partial charge is 0.339 e. The van der Waals surface area contributed by atoms with Crippen LogP contribution in [-0.4, -0.2) is 23.0 Å². The summed E-state index contributed by atoms with van der Waals surface area (Å²) >= 11 is 11.6. The van der Waals surface area contributed by atoms with Gasteiger partial charge in [-0.3, -0.25) is 4.79 Å². The van der Waals surface area contributed by atoms with Gasteiger partial charge in [0, 0.05) is 6.20 Å². The van der Waals surface area contributed by atoms with Gasteiger partial charge >= 0.3 is 5.97 Å². The van der Waals surface area contributed by atoms with E-state index in [-0.39, 0.29) is 16.4 Å². The molecule has 1 amide bonds. The zero-order valence-corrected chi connectivity index (χ0v) is 13.4. The molecule has 120 valence electrons. The van der Waals surface area contributed by atoms with Crippen LogP contribution in [0, 0.1) is 5.82 Å². The number of benzene rings is 1. The third-order valence-electron chi connectivity index (χ3n) is 2.76. The van der Waals surface area contributed by atoms with E-state index in [9.17, 15) is 14.0 Å². The van der Waals surface area contributed by atoms with Crippen LogP contribution in [0.25, 0.3) is 0 Å². The topological polar surface area (TPSA) is 68.3 Å². The predicted molar refractivity (Wildman–Crippen MR) is 84.2 cm³/mol. The number of aromatic nitrogens is 1. The monoisotopic (exact) mass is 356 g/mol. The molecule has 0 aliphatic carbocycles. The first kappa shape index (κ1) is 17.2. The number of esters is 1. The first-order chi connectivity index (χ1) is 10.9. The van der Waals surface area contributed by atoms with E-state index in [1.807, 2.05) is 0 Å². The Bertz CT molecular complexity index is 755. The van der Waals surface area contributed by atoms with Crippen LogP contribution in [0.4, 0.5) is 10.2 Å². The lowest BCUT2D eigenvalue weighted by molar-refractivity contribution is -0.123. The van der Waals surface area contributed by atoms with Crippen molar-refractivity contribution in [3.8, 4) is 0 Å². The molecule has 1 heterocycles. The molecule has 0 fully saturated rings. The molecule has 0 saturated heterocycles. The van der Waals surface area contributed by atoms with Crippen molar-refractivity contribution in [3.63, 3.8) is 0 Å². The predicted octanol–water partition coefficient (Wildman–Crippen LogP) is 3.71. The van der Waals surface area contributed by atoms with E-state index in [0.717, 1.165) is 6.07 Å². The lowest BCUT2D eigenvalue weighted by Gasteiger charge is -2.13. The van der Waals surface area contributed by atoms with Gasteiger partial charge < -0.3 is 10.1 Å². The summed E-state index contributed by atoms with van der Waals surface area (Å²) < 4.78 is 18.0. The number of nitrogens with one attached hydrogen (secondary N) is 1. The van der Waals surface area contributed by atoms with Crippen molar-refractivity contribution in [2.75, 3.05) is 5.32 Å². The second kappa shape index (κ2) is 7.39. The van der Waals surface area contributed by atoms with E-state index in [0.29, 0.717) is 5.02 Å². The molecule has 1 atom stereocenters. The average molecular weight is 357 g/mol. The molecular weight excluding hydrogens is 346 g/mol. The standard InChI is InChI=1S/C15H11Cl2FN2O3/c1-8(23-15(22)9-3-2-4-11(18)5-9)14(21)20-13-12(17)6-10(16)7-19-13/h2-8H,1H3,(H,19,20,21). The summed E-state index contributed by atoms with van der Waals surface area (Å²) in [6, 6.07) is 6.38. The van der Waals surface area contributed by atoms with Gasteiger partial charge in [-0.15, -0.1) is 0 Å². The fraction of sp³-hybridized carbons (Fsp3) is 0.133. The maximum Gasteiger partial charge on any atom is 0.339 e. The normalized spacial score (nSPS) is 11.7. The van der Waals surface area contributed by atoms with E-state index >= 15 is 0 Å². The quantitative estimate of drug-likeness (QED) is 0.847. The van der Waals surface area contributed by atoms with Crippen LogP contribution < -0.4 is 5.32 Å². The van der Waals surface area contributed by atoms with Gasteiger partial charge in [-0.2, -0.15) is 0 Å². The highest BCUT2D eigenvalue weighted by Crippen LogP contribution is 2.22. The number of pyridine rings is 1. The molecule has 23 heavy (non-hydrogen) atoms. The van der Waals surface area contributed by atoms with Crippen molar-refractivity contribution in [1.29, 1.82) is 0 Å². The summed E-state index contributed by atoms with van der Waals surface area (Å²) in [4.78, 5) is 27.7. The van der Waals surface area contributed by atoms with Crippen molar-refractivity contribution in [1.82, 2.24) is 4.98 Å². The van der Waals surface area contributed by atoms with Gasteiger partial charge in [0.2, 0.25) is 0 Å². The third kappa shape index (κ3) is 4.64. The highest BCUT2D eigenvalue weighted by molar-refractivity contribution is 6.36. The fourth-order valence-electron chi connectivity index (χ4n) is 1.62. The van der Waals surface area contributed by atoms with Gasteiger partial charge in [0.25, 0.3) is 5.91 Å². The van der Waals surface area contributed by atoms with Crippen molar-refractivity contribution in [2.45, 2.75) is 13.0 Å². The molecule has 2 aromatic rings. The molecule has 0 bridgehead atoms. The van der Waals surface area contributed by atoms with Gasteiger partial charge in [-0.25, -0.2) is 14.2 Å². The number of ether oxygens (including phenoxy) is 1. The number of anilines is 1. The molecule has 8 heteroatoms. The van der Waals surface area contributed by atoms with Crippen LogP contribution in [0.5, 0.6) is 0 Å². The molecule has 0 saturated carbocycles. The first-order valence-electron chi connectivity index (χ1n) is 6.45. The number of hydrogen-bond donors (Lipinski definition) is 1. The Hall–Kier alpha value is -2.18. The zero-order chi connectivity index (χ0) is 17.0. The molecule has 1 aromatic carbocycles. The molecule has 2 rings (SSSR count).